The molecule has 2 nitrogen and oxygen atoms in total. The molecule has 0 radical (unpaired) electrons. The molecule has 2 fully saturated rings. The van der Waals surface area contributed by atoms with Gasteiger partial charge in [-0.3, -0.25) is 11.3 Å². The van der Waals surface area contributed by atoms with E-state index in [-0.39, 0.29) is 0 Å². The first kappa shape index (κ1) is 8.52. The Morgan fingerprint density at radius 3 is 2.17 bits per heavy atom. The van der Waals surface area contributed by atoms with Crippen LogP contribution < -0.4 is 11.3 Å². The van der Waals surface area contributed by atoms with E-state index >= 15 is 0 Å². The van der Waals surface area contributed by atoms with Crippen molar-refractivity contribution in [3.8, 4) is 0 Å². The van der Waals surface area contributed by atoms with Gasteiger partial charge < -0.3 is 0 Å². The molecule has 0 bridgehead atoms. The van der Waals surface area contributed by atoms with E-state index in [1.165, 1.54) is 19.3 Å². The maximum absolute atomic E-state index is 5.56. The number of fused-ring (bicyclic) bond motifs is 1. The summed E-state index contributed by atoms with van der Waals surface area (Å²) in [6.07, 6.45) is 4.36. The van der Waals surface area contributed by atoms with Crippen LogP contribution in [0.15, 0.2) is 0 Å². The molecule has 3 N–H and O–H groups in total. The van der Waals surface area contributed by atoms with Crippen molar-refractivity contribution in [2.75, 3.05) is 0 Å². The first-order valence-corrected chi connectivity index (χ1v) is 5.18. The molecular formula is C10H20N2. The van der Waals surface area contributed by atoms with Gasteiger partial charge in [-0.2, -0.15) is 0 Å². The minimum atomic E-state index is 0.554. The van der Waals surface area contributed by atoms with Crippen LogP contribution in [0.5, 0.6) is 0 Å². The number of nitrogens with one attached hydrogen (secondary N) is 1. The third kappa shape index (κ3) is 1.38. The van der Waals surface area contributed by atoms with Crippen LogP contribution in [0.3, 0.4) is 0 Å². The number of hydrogen-bond acceptors (Lipinski definition) is 2. The number of hydrogen-bond donors (Lipinski definition) is 2. The van der Waals surface area contributed by atoms with Crippen molar-refractivity contribution in [3.05, 3.63) is 0 Å². The second-order valence-electron chi connectivity index (χ2n) is 4.92. The van der Waals surface area contributed by atoms with Crippen LogP contribution in [0, 0.1) is 23.7 Å². The van der Waals surface area contributed by atoms with Gasteiger partial charge in [0.15, 0.2) is 0 Å². The van der Waals surface area contributed by atoms with Gasteiger partial charge in [0, 0.05) is 6.04 Å². The average Bonchev–Trinajstić information content (AvgIpc) is 2.60. The summed E-state index contributed by atoms with van der Waals surface area (Å²) < 4.78 is 0. The molecule has 0 heterocycles. The van der Waals surface area contributed by atoms with Crippen molar-refractivity contribution in [1.82, 2.24) is 5.43 Å². The molecule has 3 atom stereocenters. The zero-order chi connectivity index (χ0) is 8.72. The first-order chi connectivity index (χ1) is 5.72. The Kier molecular flexibility index (Phi) is 2.13. The summed E-state index contributed by atoms with van der Waals surface area (Å²) in [5.74, 6) is 9.25. The van der Waals surface area contributed by atoms with Crippen molar-refractivity contribution in [1.29, 1.82) is 0 Å². The van der Waals surface area contributed by atoms with Crippen molar-refractivity contribution < 1.29 is 0 Å². The van der Waals surface area contributed by atoms with E-state index in [4.69, 9.17) is 5.84 Å². The molecule has 0 spiro atoms. The Morgan fingerprint density at radius 1 is 1.17 bits per heavy atom. The fraction of sp³-hybridized carbons (Fsp3) is 1.00. The van der Waals surface area contributed by atoms with E-state index in [0.29, 0.717) is 12.0 Å². The largest absolute Gasteiger partial charge is 0.271 e. The zero-order valence-corrected chi connectivity index (χ0v) is 8.09. The summed E-state index contributed by atoms with van der Waals surface area (Å²) >= 11 is 0. The van der Waals surface area contributed by atoms with Crippen molar-refractivity contribution in [2.24, 2.45) is 29.5 Å². The average molecular weight is 168 g/mol. The molecule has 0 aromatic carbocycles. The fourth-order valence-corrected chi connectivity index (χ4v) is 2.93. The molecule has 3 unspecified atom stereocenters. The Balaban J connectivity index is 1.89. The van der Waals surface area contributed by atoms with E-state index in [2.05, 4.69) is 19.3 Å². The van der Waals surface area contributed by atoms with Crippen LogP contribution in [0.25, 0.3) is 0 Å². The Labute approximate surface area is 74.9 Å². The third-order valence-electron chi connectivity index (χ3n) is 3.70. The predicted molar refractivity (Wildman–Crippen MR) is 50.3 cm³/mol. The van der Waals surface area contributed by atoms with E-state index in [1.54, 1.807) is 0 Å². The first-order valence-electron chi connectivity index (χ1n) is 5.18. The highest BCUT2D eigenvalue weighted by Gasteiger charge is 2.48. The second-order valence-corrected chi connectivity index (χ2v) is 4.92. The van der Waals surface area contributed by atoms with Crippen LogP contribution >= 0.6 is 0 Å². The minimum Gasteiger partial charge on any atom is -0.271 e. The van der Waals surface area contributed by atoms with E-state index in [0.717, 1.165) is 17.8 Å². The lowest BCUT2D eigenvalue weighted by atomic mass is 9.87. The molecule has 2 saturated carbocycles. The van der Waals surface area contributed by atoms with Gasteiger partial charge in [0.05, 0.1) is 0 Å². The van der Waals surface area contributed by atoms with Crippen molar-refractivity contribution >= 4 is 0 Å². The van der Waals surface area contributed by atoms with Gasteiger partial charge in [-0.1, -0.05) is 13.8 Å². The van der Waals surface area contributed by atoms with Crippen LogP contribution in [0.1, 0.15) is 33.1 Å². The maximum atomic E-state index is 5.56. The topological polar surface area (TPSA) is 38.0 Å². The maximum Gasteiger partial charge on any atom is 0.0261 e. The van der Waals surface area contributed by atoms with Gasteiger partial charge >= 0.3 is 0 Å². The fourth-order valence-electron chi connectivity index (χ4n) is 2.93. The highest BCUT2D eigenvalue weighted by molar-refractivity contribution is 4.99. The summed E-state index contributed by atoms with van der Waals surface area (Å²) in [6, 6.07) is 0.554. The second kappa shape index (κ2) is 3.00. The number of nitrogens with two attached hydrogens (primary N) is 1. The molecule has 2 aliphatic rings. The lowest BCUT2D eigenvalue weighted by Gasteiger charge is -2.27. The van der Waals surface area contributed by atoms with Gasteiger partial charge in [0.1, 0.15) is 0 Å². The van der Waals surface area contributed by atoms with Gasteiger partial charge in [0.2, 0.25) is 0 Å². The van der Waals surface area contributed by atoms with E-state index in [1.807, 2.05) is 0 Å². The summed E-state index contributed by atoms with van der Waals surface area (Å²) in [4.78, 5) is 0. The van der Waals surface area contributed by atoms with E-state index < -0.39 is 0 Å². The molecule has 0 amide bonds. The van der Waals surface area contributed by atoms with E-state index in [9.17, 15) is 0 Å². The highest BCUT2D eigenvalue weighted by Crippen LogP contribution is 2.55. The van der Waals surface area contributed by atoms with Gasteiger partial charge in [0.25, 0.3) is 0 Å². The molecule has 0 saturated heterocycles. The quantitative estimate of drug-likeness (QED) is 0.495. The van der Waals surface area contributed by atoms with Crippen LogP contribution in [-0.2, 0) is 0 Å². The standard InChI is InChI=1S/C10H20N2/c1-6(2)10(12-11)9-4-7-3-8(7)5-9/h6-10,12H,3-5,11H2,1-2H3. The number of rotatable bonds is 3. The van der Waals surface area contributed by atoms with Crippen LogP contribution in [0.2, 0.25) is 0 Å². The molecule has 2 heteroatoms. The van der Waals surface area contributed by atoms with Crippen molar-refractivity contribution in [2.45, 2.75) is 39.2 Å². The monoisotopic (exact) mass is 168 g/mol. The van der Waals surface area contributed by atoms with Gasteiger partial charge in [-0.25, -0.2) is 0 Å². The predicted octanol–water partition coefficient (Wildman–Crippen LogP) is 1.52. The Bertz CT molecular complexity index is 157. The molecule has 12 heavy (non-hydrogen) atoms. The minimum absolute atomic E-state index is 0.554. The van der Waals surface area contributed by atoms with Crippen molar-refractivity contribution in [3.63, 3.8) is 0 Å². The number of hydrazine groups is 1. The molecular weight excluding hydrogens is 148 g/mol. The molecule has 2 aliphatic carbocycles. The summed E-state index contributed by atoms with van der Waals surface area (Å²) in [7, 11) is 0. The van der Waals surface area contributed by atoms with Crippen LogP contribution in [-0.4, -0.2) is 6.04 Å². The summed E-state index contributed by atoms with van der Waals surface area (Å²) in [5, 5.41) is 0. The highest BCUT2D eigenvalue weighted by atomic mass is 15.2. The lowest BCUT2D eigenvalue weighted by molar-refractivity contribution is 0.272. The zero-order valence-electron chi connectivity index (χ0n) is 8.09. The summed E-state index contributed by atoms with van der Waals surface area (Å²) in [5.41, 5.74) is 2.98. The molecule has 70 valence electrons. The summed E-state index contributed by atoms with van der Waals surface area (Å²) in [6.45, 7) is 4.52. The van der Waals surface area contributed by atoms with Gasteiger partial charge in [-0.05, 0) is 42.9 Å². The lowest BCUT2D eigenvalue weighted by Crippen LogP contribution is -2.44. The normalized spacial score (nSPS) is 41.5. The molecule has 0 aliphatic heterocycles. The Morgan fingerprint density at radius 2 is 1.75 bits per heavy atom. The smallest absolute Gasteiger partial charge is 0.0261 e. The van der Waals surface area contributed by atoms with Gasteiger partial charge in [-0.15, -0.1) is 0 Å². The molecule has 0 aromatic rings. The molecule has 0 aromatic heterocycles. The Hall–Kier alpha value is -0.0800. The third-order valence-corrected chi connectivity index (χ3v) is 3.70. The SMILES string of the molecule is CC(C)C(NN)C1CC2CC2C1. The molecule has 2 rings (SSSR count). The van der Waals surface area contributed by atoms with Crippen LogP contribution in [0.4, 0.5) is 0 Å².